The van der Waals surface area contributed by atoms with Crippen molar-refractivity contribution in [1.82, 2.24) is 0 Å². The minimum Gasteiger partial charge on any atom is -0.497 e. The Morgan fingerprint density at radius 1 is 1.05 bits per heavy atom. The predicted octanol–water partition coefficient (Wildman–Crippen LogP) is 3.62. The van der Waals surface area contributed by atoms with Crippen molar-refractivity contribution in [3.8, 4) is 11.5 Å². The molecule has 20 heavy (non-hydrogen) atoms. The first-order valence-electron chi connectivity index (χ1n) is 6.28. The zero-order valence-electron chi connectivity index (χ0n) is 11.5. The summed E-state index contributed by atoms with van der Waals surface area (Å²) >= 11 is 0. The van der Waals surface area contributed by atoms with Gasteiger partial charge in [0.25, 0.3) is 0 Å². The van der Waals surface area contributed by atoms with Gasteiger partial charge < -0.3 is 9.47 Å². The fourth-order valence-electron chi connectivity index (χ4n) is 1.69. The zero-order chi connectivity index (χ0) is 14.4. The molecule has 0 unspecified atom stereocenters. The summed E-state index contributed by atoms with van der Waals surface area (Å²) in [7, 11) is 1.62. The largest absolute Gasteiger partial charge is 0.497 e. The fraction of sp³-hybridized carbons (Fsp3) is 0.118. The monoisotopic (exact) mass is 268 g/mol. The Labute approximate surface area is 118 Å². The summed E-state index contributed by atoms with van der Waals surface area (Å²) < 4.78 is 10.3. The number of para-hydroxylation sites is 1. The summed E-state index contributed by atoms with van der Waals surface area (Å²) in [6, 6.07) is 14.8. The number of esters is 1. The Hall–Kier alpha value is -2.55. The SMILES string of the molecule is COc1ccc(/C=C/C(=O)Oc2ccccc2C)cc1. The van der Waals surface area contributed by atoms with Crippen LogP contribution < -0.4 is 9.47 Å². The molecule has 0 fully saturated rings. The summed E-state index contributed by atoms with van der Waals surface area (Å²) in [4.78, 5) is 11.7. The Morgan fingerprint density at radius 3 is 2.40 bits per heavy atom. The molecule has 3 nitrogen and oxygen atoms in total. The zero-order valence-corrected chi connectivity index (χ0v) is 11.5. The van der Waals surface area contributed by atoms with Gasteiger partial charge in [-0.15, -0.1) is 0 Å². The van der Waals surface area contributed by atoms with E-state index >= 15 is 0 Å². The molecular weight excluding hydrogens is 252 g/mol. The molecule has 2 aromatic carbocycles. The van der Waals surface area contributed by atoms with Gasteiger partial charge in [0, 0.05) is 6.08 Å². The standard InChI is InChI=1S/C17H16O3/c1-13-5-3-4-6-16(13)20-17(18)12-9-14-7-10-15(19-2)11-8-14/h3-12H,1-2H3/b12-9+. The van der Waals surface area contributed by atoms with Gasteiger partial charge in [0.2, 0.25) is 0 Å². The first kappa shape index (κ1) is 13.9. The van der Waals surface area contributed by atoms with E-state index in [-0.39, 0.29) is 0 Å². The lowest BCUT2D eigenvalue weighted by molar-refractivity contribution is -0.128. The molecular formula is C17H16O3. The van der Waals surface area contributed by atoms with Crippen molar-refractivity contribution in [2.24, 2.45) is 0 Å². The number of carbonyl (C=O) groups excluding carboxylic acids is 1. The summed E-state index contributed by atoms with van der Waals surface area (Å²) in [5, 5.41) is 0. The molecule has 0 aromatic heterocycles. The Balaban J connectivity index is 2.00. The van der Waals surface area contributed by atoms with Crippen molar-refractivity contribution < 1.29 is 14.3 Å². The highest BCUT2D eigenvalue weighted by atomic mass is 16.5. The van der Waals surface area contributed by atoms with Crippen molar-refractivity contribution >= 4 is 12.0 Å². The molecule has 0 saturated heterocycles. The average molecular weight is 268 g/mol. The lowest BCUT2D eigenvalue weighted by atomic mass is 10.2. The van der Waals surface area contributed by atoms with Gasteiger partial charge in [-0.2, -0.15) is 0 Å². The van der Waals surface area contributed by atoms with Gasteiger partial charge in [-0.3, -0.25) is 0 Å². The molecule has 0 N–H and O–H groups in total. The van der Waals surface area contributed by atoms with E-state index in [0.717, 1.165) is 16.9 Å². The van der Waals surface area contributed by atoms with E-state index in [1.54, 1.807) is 19.3 Å². The second-order valence-corrected chi connectivity index (χ2v) is 4.29. The highest BCUT2D eigenvalue weighted by Crippen LogP contribution is 2.17. The van der Waals surface area contributed by atoms with Crippen LogP contribution in [0.3, 0.4) is 0 Å². The smallest absolute Gasteiger partial charge is 0.336 e. The normalized spacial score (nSPS) is 10.5. The lowest BCUT2D eigenvalue weighted by Gasteiger charge is -2.04. The second-order valence-electron chi connectivity index (χ2n) is 4.29. The first-order valence-corrected chi connectivity index (χ1v) is 6.28. The maximum atomic E-state index is 11.7. The Bertz CT molecular complexity index is 612. The van der Waals surface area contributed by atoms with E-state index in [1.807, 2.05) is 49.4 Å². The Kier molecular flexibility index (Phi) is 4.56. The molecule has 102 valence electrons. The van der Waals surface area contributed by atoms with E-state index in [9.17, 15) is 4.79 Å². The van der Waals surface area contributed by atoms with Crippen molar-refractivity contribution in [2.75, 3.05) is 7.11 Å². The van der Waals surface area contributed by atoms with Crippen LogP contribution in [0, 0.1) is 6.92 Å². The molecule has 2 rings (SSSR count). The molecule has 0 atom stereocenters. The molecule has 0 bridgehead atoms. The van der Waals surface area contributed by atoms with Gasteiger partial charge in [-0.25, -0.2) is 4.79 Å². The highest BCUT2D eigenvalue weighted by molar-refractivity contribution is 5.88. The summed E-state index contributed by atoms with van der Waals surface area (Å²) in [6.07, 6.45) is 3.12. The van der Waals surface area contributed by atoms with Crippen LogP contribution in [0.15, 0.2) is 54.6 Å². The maximum absolute atomic E-state index is 11.7. The molecule has 0 aliphatic rings. The third kappa shape index (κ3) is 3.72. The van der Waals surface area contributed by atoms with Crippen LogP contribution in [0.1, 0.15) is 11.1 Å². The fourth-order valence-corrected chi connectivity index (χ4v) is 1.69. The molecule has 0 spiro atoms. The van der Waals surface area contributed by atoms with Gasteiger partial charge >= 0.3 is 5.97 Å². The topological polar surface area (TPSA) is 35.5 Å². The van der Waals surface area contributed by atoms with Crippen LogP contribution >= 0.6 is 0 Å². The van der Waals surface area contributed by atoms with Crippen molar-refractivity contribution in [2.45, 2.75) is 6.92 Å². The number of aryl methyl sites for hydroxylation is 1. The number of hydrogen-bond donors (Lipinski definition) is 0. The summed E-state index contributed by atoms with van der Waals surface area (Å²) in [6.45, 7) is 1.90. The van der Waals surface area contributed by atoms with Gasteiger partial charge in [-0.05, 0) is 42.3 Å². The lowest BCUT2D eigenvalue weighted by Crippen LogP contribution is -2.04. The first-order chi connectivity index (χ1) is 9.69. The number of ether oxygens (including phenoxy) is 2. The third-order valence-electron chi connectivity index (χ3n) is 2.83. The van der Waals surface area contributed by atoms with Crippen molar-refractivity contribution in [3.05, 3.63) is 65.7 Å². The van der Waals surface area contributed by atoms with E-state index in [4.69, 9.17) is 9.47 Å². The Morgan fingerprint density at radius 2 is 1.75 bits per heavy atom. The molecule has 0 saturated carbocycles. The molecule has 2 aromatic rings. The quantitative estimate of drug-likeness (QED) is 0.482. The number of carbonyl (C=O) groups is 1. The molecule has 3 heteroatoms. The molecule has 0 aliphatic carbocycles. The van der Waals surface area contributed by atoms with Crippen LogP contribution in [0.4, 0.5) is 0 Å². The molecule has 0 heterocycles. The predicted molar refractivity (Wildman–Crippen MR) is 78.8 cm³/mol. The summed E-state index contributed by atoms with van der Waals surface area (Å²) in [5.41, 5.74) is 1.84. The average Bonchev–Trinajstić information content (AvgIpc) is 2.48. The van der Waals surface area contributed by atoms with Crippen molar-refractivity contribution in [1.29, 1.82) is 0 Å². The summed E-state index contributed by atoms with van der Waals surface area (Å²) in [5.74, 6) is 0.969. The van der Waals surface area contributed by atoms with Crippen molar-refractivity contribution in [3.63, 3.8) is 0 Å². The molecule has 0 amide bonds. The number of methoxy groups -OCH3 is 1. The van der Waals surface area contributed by atoms with Crippen LogP contribution in [-0.4, -0.2) is 13.1 Å². The second kappa shape index (κ2) is 6.57. The van der Waals surface area contributed by atoms with Crippen LogP contribution in [-0.2, 0) is 4.79 Å². The van der Waals surface area contributed by atoms with Gasteiger partial charge in [0.15, 0.2) is 0 Å². The van der Waals surface area contributed by atoms with E-state index < -0.39 is 5.97 Å². The van der Waals surface area contributed by atoms with E-state index in [1.165, 1.54) is 6.08 Å². The minimum absolute atomic E-state index is 0.393. The van der Waals surface area contributed by atoms with Gasteiger partial charge in [0.1, 0.15) is 11.5 Å². The number of benzene rings is 2. The van der Waals surface area contributed by atoms with Crippen LogP contribution in [0.5, 0.6) is 11.5 Å². The number of hydrogen-bond acceptors (Lipinski definition) is 3. The molecule has 0 aliphatic heterocycles. The molecule has 0 radical (unpaired) electrons. The number of rotatable bonds is 4. The van der Waals surface area contributed by atoms with E-state index in [0.29, 0.717) is 5.75 Å². The van der Waals surface area contributed by atoms with E-state index in [2.05, 4.69) is 0 Å². The minimum atomic E-state index is -0.393. The third-order valence-corrected chi connectivity index (χ3v) is 2.83. The van der Waals surface area contributed by atoms with Gasteiger partial charge in [0.05, 0.1) is 7.11 Å². The van der Waals surface area contributed by atoms with Gasteiger partial charge in [-0.1, -0.05) is 30.3 Å². The highest BCUT2D eigenvalue weighted by Gasteiger charge is 2.02. The van der Waals surface area contributed by atoms with Crippen LogP contribution in [0.2, 0.25) is 0 Å². The maximum Gasteiger partial charge on any atom is 0.336 e. The van der Waals surface area contributed by atoms with Crippen LogP contribution in [0.25, 0.3) is 6.08 Å².